The molecule has 1 unspecified atom stereocenters. The maximum absolute atomic E-state index is 12.0. The zero-order valence-electron chi connectivity index (χ0n) is 10.5. The van der Waals surface area contributed by atoms with Crippen LogP contribution < -0.4 is 5.32 Å². The molecule has 17 heavy (non-hydrogen) atoms. The molecule has 4 heteroatoms. The maximum Gasteiger partial charge on any atom is 0.317 e. The van der Waals surface area contributed by atoms with E-state index in [-0.39, 0.29) is 12.1 Å². The van der Waals surface area contributed by atoms with E-state index in [1.165, 1.54) is 5.56 Å². The topological polar surface area (TPSA) is 32.3 Å². The fourth-order valence-electron chi connectivity index (χ4n) is 2.09. The van der Waals surface area contributed by atoms with Gasteiger partial charge in [0, 0.05) is 13.1 Å². The average Bonchev–Trinajstić information content (AvgIpc) is 2.83. The minimum atomic E-state index is 0.0793. The van der Waals surface area contributed by atoms with E-state index in [1.54, 1.807) is 11.3 Å². The van der Waals surface area contributed by atoms with Crippen molar-refractivity contribution < 1.29 is 4.79 Å². The molecular weight excluding hydrogens is 232 g/mol. The van der Waals surface area contributed by atoms with Gasteiger partial charge < -0.3 is 10.2 Å². The van der Waals surface area contributed by atoms with Crippen molar-refractivity contribution in [3.8, 4) is 0 Å². The number of likely N-dealkylation sites (tertiary alicyclic amines) is 1. The van der Waals surface area contributed by atoms with Crippen LogP contribution in [0.2, 0.25) is 0 Å². The van der Waals surface area contributed by atoms with Gasteiger partial charge in [0.2, 0.25) is 0 Å². The van der Waals surface area contributed by atoms with Gasteiger partial charge in [-0.1, -0.05) is 6.92 Å². The second-order valence-electron chi connectivity index (χ2n) is 4.90. The molecule has 1 atom stereocenters. The number of carbonyl (C=O) groups excluding carboxylic acids is 1. The zero-order valence-corrected chi connectivity index (χ0v) is 11.3. The molecule has 1 saturated heterocycles. The maximum atomic E-state index is 12.0. The highest BCUT2D eigenvalue weighted by atomic mass is 32.1. The lowest BCUT2D eigenvalue weighted by atomic mass is 10.00. The lowest BCUT2D eigenvalue weighted by molar-refractivity contribution is 0.171. The Morgan fingerprint density at radius 2 is 2.24 bits per heavy atom. The van der Waals surface area contributed by atoms with Crippen molar-refractivity contribution in [1.29, 1.82) is 0 Å². The number of hydrogen-bond donors (Lipinski definition) is 1. The van der Waals surface area contributed by atoms with Crippen LogP contribution in [0.3, 0.4) is 0 Å². The molecule has 0 spiro atoms. The third kappa shape index (κ3) is 3.22. The Kier molecular flexibility index (Phi) is 4.05. The third-order valence-electron chi connectivity index (χ3n) is 3.45. The number of piperidine rings is 1. The van der Waals surface area contributed by atoms with E-state index in [0.717, 1.165) is 31.8 Å². The summed E-state index contributed by atoms with van der Waals surface area (Å²) < 4.78 is 0. The van der Waals surface area contributed by atoms with E-state index >= 15 is 0 Å². The number of hydrogen-bond acceptors (Lipinski definition) is 2. The van der Waals surface area contributed by atoms with Crippen LogP contribution in [0.1, 0.15) is 38.3 Å². The molecule has 1 aliphatic rings. The first-order valence-electron chi connectivity index (χ1n) is 6.24. The summed E-state index contributed by atoms with van der Waals surface area (Å²) in [5.41, 5.74) is 1.19. The molecule has 3 nitrogen and oxygen atoms in total. The number of amides is 2. The smallest absolute Gasteiger partial charge is 0.317 e. The standard InChI is InChI=1S/C13H20N2OS/c1-10-3-6-15(7-4-10)13(16)14-11(2)12-5-8-17-9-12/h5,8-11H,3-4,6-7H2,1-2H3,(H,14,16). The Bertz CT molecular complexity index is 356. The molecule has 0 aromatic carbocycles. The van der Waals surface area contributed by atoms with Crippen LogP contribution in [0.4, 0.5) is 4.79 Å². The molecule has 0 radical (unpaired) electrons. The summed E-state index contributed by atoms with van der Waals surface area (Å²) >= 11 is 1.67. The van der Waals surface area contributed by atoms with Gasteiger partial charge in [0.05, 0.1) is 6.04 Å². The van der Waals surface area contributed by atoms with Gasteiger partial charge in [-0.25, -0.2) is 4.79 Å². The highest BCUT2D eigenvalue weighted by Crippen LogP contribution is 2.18. The Hall–Kier alpha value is -1.03. The number of nitrogens with one attached hydrogen (secondary N) is 1. The van der Waals surface area contributed by atoms with Crippen LogP contribution in [-0.4, -0.2) is 24.0 Å². The van der Waals surface area contributed by atoms with Crippen molar-refractivity contribution in [1.82, 2.24) is 10.2 Å². The summed E-state index contributed by atoms with van der Waals surface area (Å²) in [6.07, 6.45) is 2.25. The molecular formula is C13H20N2OS. The number of urea groups is 1. The van der Waals surface area contributed by atoms with Gasteiger partial charge in [0.25, 0.3) is 0 Å². The van der Waals surface area contributed by atoms with Crippen molar-refractivity contribution in [3.05, 3.63) is 22.4 Å². The van der Waals surface area contributed by atoms with E-state index in [4.69, 9.17) is 0 Å². The lowest BCUT2D eigenvalue weighted by Gasteiger charge is -2.31. The quantitative estimate of drug-likeness (QED) is 0.861. The molecule has 1 fully saturated rings. The van der Waals surface area contributed by atoms with Gasteiger partial charge >= 0.3 is 6.03 Å². The van der Waals surface area contributed by atoms with E-state index in [1.807, 2.05) is 17.2 Å². The van der Waals surface area contributed by atoms with E-state index in [9.17, 15) is 4.79 Å². The van der Waals surface area contributed by atoms with Crippen molar-refractivity contribution in [2.24, 2.45) is 5.92 Å². The Labute approximate surface area is 107 Å². The highest BCUT2D eigenvalue weighted by molar-refractivity contribution is 7.07. The largest absolute Gasteiger partial charge is 0.331 e. The Morgan fingerprint density at radius 1 is 1.53 bits per heavy atom. The first-order valence-corrected chi connectivity index (χ1v) is 7.18. The molecule has 94 valence electrons. The molecule has 0 saturated carbocycles. The normalized spacial score (nSPS) is 19.1. The summed E-state index contributed by atoms with van der Waals surface area (Å²) in [5.74, 6) is 0.758. The van der Waals surface area contributed by atoms with Gasteiger partial charge in [-0.3, -0.25) is 0 Å². The first-order chi connectivity index (χ1) is 8.16. The van der Waals surface area contributed by atoms with Crippen molar-refractivity contribution in [2.45, 2.75) is 32.7 Å². The van der Waals surface area contributed by atoms with Gasteiger partial charge in [-0.05, 0) is 48.1 Å². The van der Waals surface area contributed by atoms with Gasteiger partial charge in [0.1, 0.15) is 0 Å². The second kappa shape index (κ2) is 5.54. The number of nitrogens with zero attached hydrogens (tertiary/aromatic N) is 1. The second-order valence-corrected chi connectivity index (χ2v) is 5.68. The molecule has 0 bridgehead atoms. The molecule has 1 aliphatic heterocycles. The molecule has 2 amide bonds. The third-order valence-corrected chi connectivity index (χ3v) is 4.16. The van der Waals surface area contributed by atoms with Crippen LogP contribution in [0.5, 0.6) is 0 Å². The van der Waals surface area contributed by atoms with Crippen molar-refractivity contribution in [2.75, 3.05) is 13.1 Å². The summed E-state index contributed by atoms with van der Waals surface area (Å²) in [6.45, 7) is 6.07. The average molecular weight is 252 g/mol. The number of thiophene rings is 1. The molecule has 1 N–H and O–H groups in total. The van der Waals surface area contributed by atoms with Crippen LogP contribution in [0, 0.1) is 5.92 Å². The Balaban J connectivity index is 1.85. The summed E-state index contributed by atoms with van der Waals surface area (Å²) in [6, 6.07) is 2.25. The molecule has 2 rings (SSSR count). The molecule has 1 aromatic heterocycles. The molecule has 2 heterocycles. The summed E-state index contributed by atoms with van der Waals surface area (Å²) in [4.78, 5) is 14.0. The van der Waals surface area contributed by atoms with Crippen LogP contribution >= 0.6 is 11.3 Å². The predicted octanol–water partition coefficient (Wildman–Crippen LogP) is 3.25. The first kappa shape index (κ1) is 12.4. The van der Waals surface area contributed by atoms with Crippen LogP contribution in [-0.2, 0) is 0 Å². The lowest BCUT2D eigenvalue weighted by Crippen LogP contribution is -2.44. The van der Waals surface area contributed by atoms with Gasteiger partial charge in [-0.15, -0.1) is 0 Å². The predicted molar refractivity (Wildman–Crippen MR) is 71.2 cm³/mol. The zero-order chi connectivity index (χ0) is 12.3. The fourth-order valence-corrected chi connectivity index (χ4v) is 2.85. The van der Waals surface area contributed by atoms with E-state index < -0.39 is 0 Å². The minimum Gasteiger partial charge on any atom is -0.331 e. The molecule has 0 aliphatic carbocycles. The number of rotatable bonds is 2. The van der Waals surface area contributed by atoms with Crippen LogP contribution in [0.15, 0.2) is 16.8 Å². The van der Waals surface area contributed by atoms with E-state index in [2.05, 4.69) is 23.7 Å². The van der Waals surface area contributed by atoms with Crippen molar-refractivity contribution in [3.63, 3.8) is 0 Å². The highest BCUT2D eigenvalue weighted by Gasteiger charge is 2.21. The minimum absolute atomic E-state index is 0.0793. The molecule has 1 aromatic rings. The van der Waals surface area contributed by atoms with Gasteiger partial charge in [0.15, 0.2) is 0 Å². The van der Waals surface area contributed by atoms with Crippen LogP contribution in [0.25, 0.3) is 0 Å². The summed E-state index contributed by atoms with van der Waals surface area (Å²) in [5, 5.41) is 7.19. The fraction of sp³-hybridized carbons (Fsp3) is 0.615. The van der Waals surface area contributed by atoms with E-state index in [0.29, 0.717) is 0 Å². The monoisotopic (exact) mass is 252 g/mol. The Morgan fingerprint density at radius 3 is 2.82 bits per heavy atom. The number of carbonyl (C=O) groups is 1. The van der Waals surface area contributed by atoms with Gasteiger partial charge in [-0.2, -0.15) is 11.3 Å². The summed E-state index contributed by atoms with van der Waals surface area (Å²) in [7, 11) is 0. The van der Waals surface area contributed by atoms with Crippen molar-refractivity contribution >= 4 is 17.4 Å². The SMILES string of the molecule is CC1CCN(C(=O)NC(C)c2ccsc2)CC1.